The number of ether oxygens (including phenoxy) is 1. The molecule has 1 saturated heterocycles. The van der Waals surface area contributed by atoms with Crippen LogP contribution in [0.15, 0.2) is 24.5 Å². The van der Waals surface area contributed by atoms with Crippen molar-refractivity contribution in [3.63, 3.8) is 0 Å². The molecule has 3 rings (SSSR count). The van der Waals surface area contributed by atoms with E-state index in [1.165, 1.54) is 0 Å². The normalized spacial score (nSPS) is 15.7. The maximum Gasteiger partial charge on any atom is 0.427 e. The van der Waals surface area contributed by atoms with Crippen LogP contribution in [0.3, 0.4) is 0 Å². The highest BCUT2D eigenvalue weighted by Gasteiger charge is 2.33. The largest absolute Gasteiger partial charge is 0.427 e. The number of morpholine rings is 1. The Morgan fingerprint density at radius 2 is 2.04 bits per heavy atom. The average molecular weight is 344 g/mol. The summed E-state index contributed by atoms with van der Waals surface area (Å²) < 4.78 is 43.1. The maximum atomic E-state index is 12.6. The predicted octanol–water partition coefficient (Wildman–Crippen LogP) is 3.01. The minimum absolute atomic E-state index is 0.245. The summed E-state index contributed by atoms with van der Waals surface area (Å²) in [5, 5.41) is 3.19. The first-order valence-electron chi connectivity index (χ1n) is 7.07. The third-order valence-electron chi connectivity index (χ3n) is 3.39. The first-order chi connectivity index (χ1) is 11.0. The molecule has 1 N–H and O–H groups in total. The van der Waals surface area contributed by atoms with E-state index >= 15 is 0 Å². The van der Waals surface area contributed by atoms with Crippen molar-refractivity contribution in [2.45, 2.75) is 12.7 Å². The van der Waals surface area contributed by atoms with Crippen LogP contribution in [0, 0.1) is 0 Å². The molecule has 23 heavy (non-hydrogen) atoms. The van der Waals surface area contributed by atoms with Gasteiger partial charge >= 0.3 is 6.18 Å². The summed E-state index contributed by atoms with van der Waals surface area (Å²) in [4.78, 5) is 9.57. The number of pyridine rings is 1. The van der Waals surface area contributed by atoms with Gasteiger partial charge in [0.05, 0.1) is 19.4 Å². The van der Waals surface area contributed by atoms with Crippen LogP contribution in [0.2, 0.25) is 0 Å². The van der Waals surface area contributed by atoms with Crippen molar-refractivity contribution in [3.8, 4) is 0 Å². The number of nitrogens with one attached hydrogen (secondary N) is 1. The Balaban J connectivity index is 1.69. The lowest BCUT2D eigenvalue weighted by Crippen LogP contribution is -2.37. The summed E-state index contributed by atoms with van der Waals surface area (Å²) in [6.07, 6.45) is -1.80. The highest BCUT2D eigenvalue weighted by Crippen LogP contribution is 2.35. The van der Waals surface area contributed by atoms with Gasteiger partial charge < -0.3 is 15.0 Å². The van der Waals surface area contributed by atoms with Crippen LogP contribution in [-0.2, 0) is 17.5 Å². The summed E-state index contributed by atoms with van der Waals surface area (Å²) >= 11 is 0.599. The van der Waals surface area contributed by atoms with Crippen molar-refractivity contribution in [3.05, 3.63) is 35.0 Å². The van der Waals surface area contributed by atoms with Gasteiger partial charge in [-0.05, 0) is 6.07 Å². The molecule has 0 spiro atoms. The molecule has 0 radical (unpaired) electrons. The molecule has 0 aliphatic carbocycles. The van der Waals surface area contributed by atoms with Gasteiger partial charge in [0, 0.05) is 31.4 Å². The van der Waals surface area contributed by atoms with Gasteiger partial charge in [0.15, 0.2) is 5.13 Å². The molecule has 2 aromatic rings. The van der Waals surface area contributed by atoms with Gasteiger partial charge in [-0.15, -0.1) is 0 Å². The van der Waals surface area contributed by atoms with E-state index in [2.05, 4.69) is 20.2 Å². The molecule has 0 aromatic carbocycles. The van der Waals surface area contributed by atoms with Crippen molar-refractivity contribution >= 4 is 22.3 Å². The Hall–Kier alpha value is -1.87. The topological polar surface area (TPSA) is 50.3 Å². The highest BCUT2D eigenvalue weighted by molar-refractivity contribution is 7.15. The van der Waals surface area contributed by atoms with Gasteiger partial charge in [0.25, 0.3) is 0 Å². The monoisotopic (exact) mass is 344 g/mol. The molecule has 0 atom stereocenters. The zero-order chi connectivity index (χ0) is 16.3. The lowest BCUT2D eigenvalue weighted by molar-refractivity contribution is -0.134. The molecule has 124 valence electrons. The van der Waals surface area contributed by atoms with E-state index in [0.29, 0.717) is 31.1 Å². The number of alkyl halides is 3. The molecule has 1 fully saturated rings. The molecule has 0 amide bonds. The van der Waals surface area contributed by atoms with Gasteiger partial charge in [-0.3, -0.25) is 0 Å². The summed E-state index contributed by atoms with van der Waals surface area (Å²) in [6, 6.07) is 3.72. The van der Waals surface area contributed by atoms with Crippen molar-refractivity contribution in [1.29, 1.82) is 0 Å². The molecule has 0 unspecified atom stereocenters. The fourth-order valence-electron chi connectivity index (χ4n) is 2.29. The molecule has 5 nitrogen and oxygen atoms in total. The Kier molecular flexibility index (Phi) is 4.67. The lowest BCUT2D eigenvalue weighted by Gasteiger charge is -2.29. The molecule has 3 heterocycles. The van der Waals surface area contributed by atoms with Crippen molar-refractivity contribution < 1.29 is 17.9 Å². The summed E-state index contributed by atoms with van der Waals surface area (Å²) in [6.45, 7) is 3.15. The molecule has 0 bridgehead atoms. The molecule has 9 heteroatoms. The van der Waals surface area contributed by atoms with Crippen molar-refractivity contribution in [2.75, 3.05) is 36.5 Å². The van der Waals surface area contributed by atoms with E-state index in [9.17, 15) is 13.2 Å². The third-order valence-corrected chi connectivity index (χ3v) is 4.39. The molecular formula is C14H15F3N4OS. The fourth-order valence-corrected chi connectivity index (χ4v) is 2.97. The minimum atomic E-state index is -4.36. The minimum Gasteiger partial charge on any atom is -0.378 e. The van der Waals surface area contributed by atoms with E-state index in [0.717, 1.165) is 30.7 Å². The molecule has 0 saturated carbocycles. The lowest BCUT2D eigenvalue weighted by atomic mass is 10.2. The quantitative estimate of drug-likeness (QED) is 0.924. The first kappa shape index (κ1) is 16.0. The Morgan fingerprint density at radius 3 is 2.74 bits per heavy atom. The number of anilines is 2. The number of nitrogens with zero attached hydrogens (tertiary/aromatic N) is 3. The third kappa shape index (κ3) is 3.91. The number of aromatic nitrogens is 2. The van der Waals surface area contributed by atoms with Crippen LogP contribution in [0.1, 0.15) is 10.4 Å². The summed E-state index contributed by atoms with van der Waals surface area (Å²) in [5.41, 5.74) is 0.915. The van der Waals surface area contributed by atoms with E-state index in [1.54, 1.807) is 6.20 Å². The van der Waals surface area contributed by atoms with Gasteiger partial charge in [-0.1, -0.05) is 17.4 Å². The van der Waals surface area contributed by atoms with Crippen LogP contribution in [0.4, 0.5) is 24.1 Å². The van der Waals surface area contributed by atoms with Crippen molar-refractivity contribution in [1.82, 2.24) is 9.97 Å². The number of hydrogen-bond donors (Lipinski definition) is 1. The van der Waals surface area contributed by atoms with Crippen LogP contribution >= 0.6 is 11.3 Å². The van der Waals surface area contributed by atoms with E-state index in [1.807, 2.05) is 12.1 Å². The van der Waals surface area contributed by atoms with E-state index in [-0.39, 0.29) is 5.13 Å². The van der Waals surface area contributed by atoms with Gasteiger partial charge in [-0.2, -0.15) is 13.2 Å². The second-order valence-electron chi connectivity index (χ2n) is 4.97. The van der Waals surface area contributed by atoms with Gasteiger partial charge in [0.2, 0.25) is 0 Å². The zero-order valence-corrected chi connectivity index (χ0v) is 13.0. The smallest absolute Gasteiger partial charge is 0.378 e. The first-order valence-corrected chi connectivity index (χ1v) is 7.89. The molecule has 1 aliphatic rings. The van der Waals surface area contributed by atoms with Crippen LogP contribution in [0.5, 0.6) is 0 Å². The Morgan fingerprint density at radius 1 is 1.26 bits per heavy atom. The second-order valence-corrected chi connectivity index (χ2v) is 6.00. The second kappa shape index (κ2) is 6.71. The molecular weight excluding hydrogens is 329 g/mol. The maximum absolute atomic E-state index is 12.6. The van der Waals surface area contributed by atoms with Crippen molar-refractivity contribution in [2.24, 2.45) is 0 Å². The molecule has 1 aliphatic heterocycles. The van der Waals surface area contributed by atoms with Gasteiger partial charge in [0.1, 0.15) is 10.7 Å². The highest BCUT2D eigenvalue weighted by atomic mass is 32.1. The van der Waals surface area contributed by atoms with E-state index < -0.39 is 11.1 Å². The van der Waals surface area contributed by atoms with Crippen LogP contribution in [0.25, 0.3) is 0 Å². The average Bonchev–Trinajstić information content (AvgIpc) is 3.03. The number of thiazole rings is 1. The molecule has 2 aromatic heterocycles. The van der Waals surface area contributed by atoms with Gasteiger partial charge in [-0.25, -0.2) is 9.97 Å². The predicted molar refractivity (Wildman–Crippen MR) is 81.7 cm³/mol. The number of rotatable bonds is 4. The van der Waals surface area contributed by atoms with E-state index in [4.69, 9.17) is 4.74 Å². The number of halogens is 3. The van der Waals surface area contributed by atoms with Crippen LogP contribution in [-0.4, -0.2) is 36.3 Å². The summed E-state index contributed by atoms with van der Waals surface area (Å²) in [7, 11) is 0. The zero-order valence-electron chi connectivity index (χ0n) is 12.1. The Bertz CT molecular complexity index is 655. The fraction of sp³-hybridized carbons (Fsp3) is 0.429. The Labute approximate surface area is 135 Å². The number of hydrogen-bond acceptors (Lipinski definition) is 6. The summed E-state index contributed by atoms with van der Waals surface area (Å²) in [5.74, 6) is 0.830. The van der Waals surface area contributed by atoms with Crippen LogP contribution < -0.4 is 10.2 Å². The standard InChI is InChI=1S/C14H15F3N4OS/c15-14(16,17)11-9-20-13(23-11)19-8-10-2-1-3-18-12(10)21-4-6-22-7-5-21/h1-3,9H,4-8H2,(H,19,20). The SMILES string of the molecule is FC(F)(F)c1cnc(NCc2cccnc2N2CCOCC2)s1.